The van der Waals surface area contributed by atoms with E-state index in [4.69, 9.17) is 4.74 Å². The Bertz CT molecular complexity index is 849. The zero-order chi connectivity index (χ0) is 17.6. The van der Waals surface area contributed by atoms with Crippen molar-refractivity contribution in [2.24, 2.45) is 7.05 Å². The lowest BCUT2D eigenvalue weighted by molar-refractivity contribution is -0.113. The summed E-state index contributed by atoms with van der Waals surface area (Å²) in [4.78, 5) is 16.1. The van der Waals surface area contributed by atoms with Gasteiger partial charge in [0.15, 0.2) is 11.0 Å². The minimum Gasteiger partial charge on any atom is -0.497 e. The van der Waals surface area contributed by atoms with Crippen LogP contribution in [0.2, 0.25) is 0 Å². The van der Waals surface area contributed by atoms with Crippen LogP contribution in [-0.2, 0) is 11.8 Å². The van der Waals surface area contributed by atoms with E-state index in [1.165, 1.54) is 11.8 Å². The number of carbonyl (C=O) groups is 1. The molecule has 0 unspecified atom stereocenters. The molecule has 128 valence electrons. The van der Waals surface area contributed by atoms with E-state index >= 15 is 0 Å². The number of ether oxygens (including phenoxy) is 1. The number of carbonyl (C=O) groups excluding carboxylic acids is 1. The van der Waals surface area contributed by atoms with Gasteiger partial charge >= 0.3 is 0 Å². The van der Waals surface area contributed by atoms with Gasteiger partial charge in [-0.2, -0.15) is 0 Å². The molecule has 7 nitrogen and oxygen atoms in total. The number of amides is 1. The Hall–Kier alpha value is -2.87. The first-order valence-electron chi connectivity index (χ1n) is 7.55. The van der Waals surface area contributed by atoms with Gasteiger partial charge in [0.05, 0.1) is 12.9 Å². The molecule has 3 aromatic rings. The molecule has 1 amide bonds. The van der Waals surface area contributed by atoms with Gasteiger partial charge in [-0.3, -0.25) is 4.79 Å². The first-order chi connectivity index (χ1) is 12.2. The second-order valence-corrected chi connectivity index (χ2v) is 6.09. The third-order valence-corrected chi connectivity index (χ3v) is 4.47. The second-order valence-electron chi connectivity index (χ2n) is 5.15. The second kappa shape index (κ2) is 7.80. The standard InChI is InChI=1S/C17H17N5O2S/c1-22-16(12-6-8-13(24-2)9-7-12)20-21-17(22)25-11-15(23)19-14-5-3-4-10-18-14/h3-10H,11H2,1-2H3,(H,18,19,23). The normalized spacial score (nSPS) is 10.5. The third-order valence-electron chi connectivity index (χ3n) is 3.45. The summed E-state index contributed by atoms with van der Waals surface area (Å²) in [6.45, 7) is 0. The third kappa shape index (κ3) is 4.16. The highest BCUT2D eigenvalue weighted by Crippen LogP contribution is 2.24. The maximum absolute atomic E-state index is 12.0. The molecule has 0 spiro atoms. The lowest BCUT2D eigenvalue weighted by Gasteiger charge is -2.05. The van der Waals surface area contributed by atoms with Gasteiger partial charge in [0.1, 0.15) is 11.6 Å². The van der Waals surface area contributed by atoms with Crippen molar-refractivity contribution in [1.29, 1.82) is 0 Å². The Morgan fingerprint density at radius 3 is 2.68 bits per heavy atom. The largest absolute Gasteiger partial charge is 0.497 e. The van der Waals surface area contributed by atoms with Crippen LogP contribution in [0, 0.1) is 0 Å². The Balaban J connectivity index is 1.64. The first kappa shape index (κ1) is 17.0. The maximum Gasteiger partial charge on any atom is 0.236 e. The number of rotatable bonds is 6. The molecular weight excluding hydrogens is 338 g/mol. The van der Waals surface area contributed by atoms with Gasteiger partial charge in [-0.1, -0.05) is 17.8 Å². The minimum atomic E-state index is -0.141. The fourth-order valence-electron chi connectivity index (χ4n) is 2.18. The molecule has 0 aliphatic rings. The van der Waals surface area contributed by atoms with Gasteiger partial charge in [-0.15, -0.1) is 10.2 Å². The zero-order valence-electron chi connectivity index (χ0n) is 13.8. The van der Waals surface area contributed by atoms with Crippen LogP contribution in [0.1, 0.15) is 0 Å². The van der Waals surface area contributed by atoms with Crippen LogP contribution in [0.5, 0.6) is 5.75 Å². The summed E-state index contributed by atoms with van der Waals surface area (Å²) in [5.41, 5.74) is 0.931. The van der Waals surface area contributed by atoms with Crippen molar-refractivity contribution >= 4 is 23.5 Å². The molecule has 0 saturated carbocycles. The van der Waals surface area contributed by atoms with Crippen LogP contribution >= 0.6 is 11.8 Å². The fraction of sp³-hybridized carbons (Fsp3) is 0.176. The summed E-state index contributed by atoms with van der Waals surface area (Å²) in [5, 5.41) is 11.8. The Morgan fingerprint density at radius 1 is 1.20 bits per heavy atom. The number of hydrogen-bond acceptors (Lipinski definition) is 6. The highest BCUT2D eigenvalue weighted by Gasteiger charge is 2.13. The van der Waals surface area contributed by atoms with Crippen molar-refractivity contribution in [3.8, 4) is 17.1 Å². The number of aromatic nitrogens is 4. The van der Waals surface area contributed by atoms with Gasteiger partial charge in [0.25, 0.3) is 0 Å². The average Bonchev–Trinajstić information content (AvgIpc) is 3.01. The Morgan fingerprint density at radius 2 is 2.00 bits per heavy atom. The maximum atomic E-state index is 12.0. The highest BCUT2D eigenvalue weighted by atomic mass is 32.2. The van der Waals surface area contributed by atoms with Crippen molar-refractivity contribution < 1.29 is 9.53 Å². The zero-order valence-corrected chi connectivity index (χ0v) is 14.7. The first-order valence-corrected chi connectivity index (χ1v) is 8.53. The van der Waals surface area contributed by atoms with Crippen LogP contribution in [0.15, 0.2) is 53.8 Å². The molecule has 0 fully saturated rings. The minimum absolute atomic E-state index is 0.141. The summed E-state index contributed by atoms with van der Waals surface area (Å²) in [7, 11) is 3.50. The van der Waals surface area contributed by atoms with E-state index in [0.717, 1.165) is 17.1 Å². The molecular formula is C17H17N5O2S. The lowest BCUT2D eigenvalue weighted by Crippen LogP contribution is -2.15. The molecule has 0 aliphatic carbocycles. The molecule has 8 heteroatoms. The molecule has 0 atom stereocenters. The summed E-state index contributed by atoms with van der Waals surface area (Å²) in [6.07, 6.45) is 1.63. The van der Waals surface area contributed by atoms with E-state index in [0.29, 0.717) is 11.0 Å². The SMILES string of the molecule is COc1ccc(-c2nnc(SCC(=O)Nc3ccccn3)n2C)cc1. The van der Waals surface area contributed by atoms with Crippen molar-refractivity contribution in [2.45, 2.75) is 5.16 Å². The molecule has 2 aromatic heterocycles. The number of hydrogen-bond donors (Lipinski definition) is 1. The smallest absolute Gasteiger partial charge is 0.236 e. The van der Waals surface area contributed by atoms with E-state index in [1.807, 2.05) is 41.9 Å². The van der Waals surface area contributed by atoms with Crippen molar-refractivity contribution in [2.75, 3.05) is 18.2 Å². The molecule has 0 bridgehead atoms. The predicted molar refractivity (Wildman–Crippen MR) is 96.6 cm³/mol. The van der Waals surface area contributed by atoms with Crippen molar-refractivity contribution in [1.82, 2.24) is 19.7 Å². The quantitative estimate of drug-likeness (QED) is 0.685. The molecule has 1 N–H and O–H groups in total. The fourth-order valence-corrected chi connectivity index (χ4v) is 2.89. The van der Waals surface area contributed by atoms with Gasteiger partial charge in [0.2, 0.25) is 5.91 Å². The van der Waals surface area contributed by atoms with Gasteiger partial charge in [-0.05, 0) is 36.4 Å². The number of benzene rings is 1. The lowest BCUT2D eigenvalue weighted by atomic mass is 10.2. The number of anilines is 1. The summed E-state index contributed by atoms with van der Waals surface area (Å²) in [5.74, 6) is 2.13. The molecule has 0 radical (unpaired) electrons. The van der Waals surface area contributed by atoms with Crippen molar-refractivity contribution in [3.05, 3.63) is 48.7 Å². The summed E-state index contributed by atoms with van der Waals surface area (Å²) < 4.78 is 7.02. The Kier molecular flexibility index (Phi) is 5.30. The topological polar surface area (TPSA) is 81.9 Å². The highest BCUT2D eigenvalue weighted by molar-refractivity contribution is 7.99. The monoisotopic (exact) mass is 355 g/mol. The number of nitrogens with zero attached hydrogens (tertiary/aromatic N) is 4. The molecule has 0 aliphatic heterocycles. The van der Waals surface area contributed by atoms with Gasteiger partial charge in [-0.25, -0.2) is 4.98 Å². The predicted octanol–water partition coefficient (Wildman–Crippen LogP) is 2.62. The Labute approximate surface area is 149 Å². The number of methoxy groups -OCH3 is 1. The van der Waals surface area contributed by atoms with Crippen molar-refractivity contribution in [3.63, 3.8) is 0 Å². The van der Waals surface area contributed by atoms with Gasteiger partial charge in [0, 0.05) is 18.8 Å². The number of pyridine rings is 1. The number of nitrogens with one attached hydrogen (secondary N) is 1. The van der Waals surface area contributed by atoms with Crippen LogP contribution in [-0.4, -0.2) is 38.5 Å². The van der Waals surface area contributed by atoms with Crippen LogP contribution in [0.4, 0.5) is 5.82 Å². The summed E-state index contributed by atoms with van der Waals surface area (Å²) in [6, 6.07) is 12.9. The molecule has 1 aromatic carbocycles. The number of thioether (sulfide) groups is 1. The van der Waals surface area contributed by atoms with Crippen LogP contribution < -0.4 is 10.1 Å². The van der Waals surface area contributed by atoms with Gasteiger partial charge < -0.3 is 14.6 Å². The molecule has 2 heterocycles. The van der Waals surface area contributed by atoms with E-state index in [9.17, 15) is 4.79 Å². The average molecular weight is 355 g/mol. The van der Waals surface area contributed by atoms with Crippen LogP contribution in [0.3, 0.4) is 0 Å². The molecule has 3 rings (SSSR count). The van der Waals surface area contributed by atoms with E-state index in [1.54, 1.807) is 25.4 Å². The van der Waals surface area contributed by atoms with E-state index in [-0.39, 0.29) is 11.7 Å². The summed E-state index contributed by atoms with van der Waals surface area (Å²) >= 11 is 1.32. The molecule has 25 heavy (non-hydrogen) atoms. The molecule has 0 saturated heterocycles. The van der Waals surface area contributed by atoms with E-state index in [2.05, 4.69) is 20.5 Å². The van der Waals surface area contributed by atoms with E-state index < -0.39 is 0 Å². The van der Waals surface area contributed by atoms with Crippen LogP contribution in [0.25, 0.3) is 11.4 Å².